The number of aromatic nitrogens is 1. The van der Waals surface area contributed by atoms with Crippen molar-refractivity contribution in [1.82, 2.24) is 4.57 Å². The summed E-state index contributed by atoms with van der Waals surface area (Å²) in [5.74, 6) is 2.09. The Morgan fingerprint density at radius 3 is 2.64 bits per heavy atom. The summed E-state index contributed by atoms with van der Waals surface area (Å²) >= 11 is 0. The van der Waals surface area contributed by atoms with Crippen molar-refractivity contribution >= 4 is 17.7 Å². The Labute approximate surface area is 86.0 Å². The van der Waals surface area contributed by atoms with Gasteiger partial charge in [0, 0.05) is 0 Å². The SMILES string of the molecule is Cn1cc(C(C)(C)C)c2cccbc21. The van der Waals surface area contributed by atoms with E-state index in [9.17, 15) is 0 Å². The van der Waals surface area contributed by atoms with Gasteiger partial charge in [0.25, 0.3) is 0 Å². The summed E-state index contributed by atoms with van der Waals surface area (Å²) in [5, 5.41) is 1.38. The van der Waals surface area contributed by atoms with Gasteiger partial charge in [-0.05, 0) is 0 Å². The van der Waals surface area contributed by atoms with Crippen molar-refractivity contribution < 1.29 is 0 Å². The predicted octanol–water partition coefficient (Wildman–Crippen LogP) is 2.81. The molecule has 0 aliphatic heterocycles. The fraction of sp³-hybridized carbons (Fsp3) is 0.417. The summed E-state index contributed by atoms with van der Waals surface area (Å²) in [5.41, 5.74) is 2.97. The first-order chi connectivity index (χ1) is 6.50. The Morgan fingerprint density at radius 1 is 1.29 bits per heavy atom. The van der Waals surface area contributed by atoms with E-state index < -0.39 is 0 Å². The molecule has 2 rings (SSSR count). The molecule has 0 bridgehead atoms. The van der Waals surface area contributed by atoms with Crippen molar-refractivity contribution in [1.29, 1.82) is 0 Å². The van der Waals surface area contributed by atoms with Crippen molar-refractivity contribution in [3.8, 4) is 0 Å². The van der Waals surface area contributed by atoms with Crippen molar-refractivity contribution in [2.24, 2.45) is 7.05 Å². The van der Waals surface area contributed by atoms with Gasteiger partial charge in [0.2, 0.25) is 0 Å². The zero-order valence-corrected chi connectivity index (χ0v) is 9.33. The van der Waals surface area contributed by atoms with E-state index in [0.717, 1.165) is 0 Å². The van der Waals surface area contributed by atoms with Crippen LogP contribution in [-0.2, 0) is 12.5 Å². The van der Waals surface area contributed by atoms with Crippen LogP contribution in [0.4, 0.5) is 0 Å². The van der Waals surface area contributed by atoms with Gasteiger partial charge in [-0.1, -0.05) is 0 Å². The molecular weight excluding hydrogens is 169 g/mol. The number of nitrogens with zero attached hydrogens (tertiary/aromatic N) is 1. The van der Waals surface area contributed by atoms with Crippen LogP contribution in [-0.4, -0.2) is 11.5 Å². The number of rotatable bonds is 0. The Kier molecular flexibility index (Phi) is 2.02. The Balaban J connectivity index is 2.80. The topological polar surface area (TPSA) is 4.93 Å². The van der Waals surface area contributed by atoms with Crippen LogP contribution in [0.25, 0.3) is 10.8 Å². The molecule has 0 spiro atoms. The van der Waals surface area contributed by atoms with Crippen molar-refractivity contribution in [3.63, 3.8) is 0 Å². The maximum atomic E-state index is 2.26. The van der Waals surface area contributed by atoms with Crippen LogP contribution in [0.1, 0.15) is 26.3 Å². The molecule has 0 unspecified atom stereocenters. The van der Waals surface area contributed by atoms with Crippen molar-refractivity contribution in [2.75, 3.05) is 0 Å². The van der Waals surface area contributed by atoms with Gasteiger partial charge in [-0.25, -0.2) is 0 Å². The first kappa shape index (κ1) is 9.51. The summed E-state index contributed by atoms with van der Waals surface area (Å²) in [7, 11) is 2.11. The summed E-state index contributed by atoms with van der Waals surface area (Å²) in [6, 6.07) is 4.31. The van der Waals surface area contributed by atoms with Gasteiger partial charge >= 0.3 is 85.4 Å². The van der Waals surface area contributed by atoms with Gasteiger partial charge in [-0.3, -0.25) is 0 Å². The third-order valence-corrected chi connectivity index (χ3v) is 2.70. The molecular formula is C12H16BN. The van der Waals surface area contributed by atoms with Crippen LogP contribution in [0.3, 0.4) is 0 Å². The van der Waals surface area contributed by atoms with Crippen LogP contribution in [0.5, 0.6) is 0 Å². The zero-order chi connectivity index (χ0) is 10.3. The second-order valence-corrected chi connectivity index (χ2v) is 4.92. The molecule has 0 aliphatic rings. The molecule has 0 atom stereocenters. The Hall–Kier alpha value is -1.05. The van der Waals surface area contributed by atoms with Gasteiger partial charge in [0.1, 0.15) is 0 Å². The molecule has 0 saturated heterocycles. The third-order valence-electron chi connectivity index (χ3n) is 2.70. The van der Waals surface area contributed by atoms with E-state index in [-0.39, 0.29) is 5.41 Å². The molecule has 2 heterocycles. The number of aryl methyl sites for hydroxylation is 1. The molecule has 0 radical (unpaired) electrons. The van der Waals surface area contributed by atoms with Crippen LogP contribution in [0, 0.1) is 0 Å². The average molecular weight is 185 g/mol. The molecule has 2 aromatic heterocycles. The number of hydrogen-bond acceptors (Lipinski definition) is 0. The second-order valence-electron chi connectivity index (χ2n) is 4.92. The van der Waals surface area contributed by atoms with Crippen LogP contribution in [0.15, 0.2) is 24.3 Å². The molecule has 2 heteroatoms. The van der Waals surface area contributed by atoms with Gasteiger partial charge in [-0.15, -0.1) is 0 Å². The van der Waals surface area contributed by atoms with E-state index >= 15 is 0 Å². The van der Waals surface area contributed by atoms with E-state index in [0.29, 0.717) is 0 Å². The number of hydrogen-bond donors (Lipinski definition) is 0. The minimum atomic E-state index is 0.223. The quantitative estimate of drug-likeness (QED) is 0.594. The first-order valence-electron chi connectivity index (χ1n) is 5.05. The van der Waals surface area contributed by atoms with Gasteiger partial charge in [0.15, 0.2) is 0 Å². The molecule has 1 nitrogen and oxygen atoms in total. The normalized spacial score (nSPS) is 12.0. The van der Waals surface area contributed by atoms with E-state index in [1.54, 1.807) is 0 Å². The summed E-state index contributed by atoms with van der Waals surface area (Å²) in [4.78, 5) is 0. The summed E-state index contributed by atoms with van der Waals surface area (Å²) in [6.07, 6.45) is 2.24. The molecule has 0 aliphatic carbocycles. The van der Waals surface area contributed by atoms with Crippen LogP contribution in [0.2, 0.25) is 0 Å². The molecule has 0 N–H and O–H groups in total. The fourth-order valence-electron chi connectivity index (χ4n) is 1.94. The Bertz CT molecular complexity index is 463. The second kappa shape index (κ2) is 2.98. The van der Waals surface area contributed by atoms with Crippen molar-refractivity contribution in [2.45, 2.75) is 26.2 Å². The zero-order valence-electron chi connectivity index (χ0n) is 9.33. The summed E-state index contributed by atoms with van der Waals surface area (Å²) < 4.78 is 2.20. The summed E-state index contributed by atoms with van der Waals surface area (Å²) in [6.45, 7) is 8.95. The Morgan fingerprint density at radius 2 is 2.00 bits per heavy atom. The molecule has 0 saturated carbocycles. The minimum absolute atomic E-state index is 0.223. The molecule has 14 heavy (non-hydrogen) atoms. The van der Waals surface area contributed by atoms with Crippen molar-refractivity contribution in [3.05, 3.63) is 29.9 Å². The monoisotopic (exact) mass is 185 g/mol. The molecule has 72 valence electrons. The van der Waals surface area contributed by atoms with E-state index in [1.807, 2.05) is 0 Å². The first-order valence-corrected chi connectivity index (χ1v) is 5.05. The van der Waals surface area contributed by atoms with Gasteiger partial charge in [-0.2, -0.15) is 0 Å². The predicted molar refractivity (Wildman–Crippen MR) is 63.0 cm³/mol. The fourth-order valence-corrected chi connectivity index (χ4v) is 1.94. The third kappa shape index (κ3) is 1.39. The number of fused-ring (bicyclic) bond motifs is 1. The molecule has 0 aromatic carbocycles. The van der Waals surface area contributed by atoms with E-state index in [4.69, 9.17) is 0 Å². The maximum absolute atomic E-state index is 2.26. The van der Waals surface area contributed by atoms with Crippen LogP contribution < -0.4 is 0 Å². The van der Waals surface area contributed by atoms with Crippen LogP contribution >= 0.6 is 0 Å². The standard InChI is InChI=1S/C12H16BN/c1-12(2,3)10-8-14(4)11-9(10)6-5-7-13-11/h5-8H,1-4H3. The van der Waals surface area contributed by atoms with E-state index in [1.165, 1.54) is 16.4 Å². The van der Waals surface area contributed by atoms with E-state index in [2.05, 4.69) is 63.6 Å². The molecule has 0 fully saturated rings. The molecule has 0 amide bonds. The average Bonchev–Trinajstić information content (AvgIpc) is 2.44. The molecule has 2 aromatic rings. The van der Waals surface area contributed by atoms with Gasteiger partial charge < -0.3 is 0 Å². The van der Waals surface area contributed by atoms with Gasteiger partial charge in [0.05, 0.1) is 0 Å².